The Morgan fingerprint density at radius 3 is 1.95 bits per heavy atom. The highest BCUT2D eigenvalue weighted by Gasteiger charge is 2.51. The smallest absolute Gasteiger partial charge is 0.436 e. The van der Waals surface area contributed by atoms with Gasteiger partial charge in [-0.2, -0.15) is 4.98 Å². The molecule has 0 bridgehead atoms. The van der Waals surface area contributed by atoms with Gasteiger partial charge in [0.1, 0.15) is 11.0 Å². The molecular weight excluding hydrogens is 501 g/mol. The number of aromatic nitrogens is 3. The van der Waals surface area contributed by atoms with Crippen LogP contribution >= 0.6 is 0 Å². The molecule has 40 heavy (non-hydrogen) atoms. The predicted octanol–water partition coefficient (Wildman–Crippen LogP) is 7.03. The minimum atomic E-state index is -0.465. The molecule has 3 aromatic heterocycles. The van der Waals surface area contributed by atoms with Crippen molar-refractivity contribution in [2.45, 2.75) is 38.9 Å². The lowest BCUT2D eigenvalue weighted by atomic mass is 9.79. The van der Waals surface area contributed by atoms with Crippen molar-refractivity contribution in [3.8, 4) is 17.5 Å². The third-order valence-corrected chi connectivity index (χ3v) is 8.33. The van der Waals surface area contributed by atoms with Crippen LogP contribution in [0.5, 0.6) is 0 Å². The first-order valence-electron chi connectivity index (χ1n) is 13.4. The van der Waals surface area contributed by atoms with Gasteiger partial charge in [-0.25, -0.2) is 4.98 Å². The summed E-state index contributed by atoms with van der Waals surface area (Å²) in [5.41, 5.74) is 5.84. The van der Waals surface area contributed by atoms with E-state index in [0.717, 1.165) is 43.9 Å². The molecule has 0 N–H and O–H groups in total. The van der Waals surface area contributed by atoms with E-state index in [1.54, 1.807) is 0 Å². The van der Waals surface area contributed by atoms with Crippen molar-refractivity contribution in [2.24, 2.45) is 0 Å². The molecule has 8 rings (SSSR count). The van der Waals surface area contributed by atoms with Crippen molar-refractivity contribution in [1.29, 1.82) is 0 Å². The summed E-state index contributed by atoms with van der Waals surface area (Å²) >= 11 is 0. The van der Waals surface area contributed by atoms with Crippen LogP contribution in [0.25, 0.3) is 61.5 Å². The van der Waals surface area contributed by atoms with E-state index in [0.29, 0.717) is 23.1 Å². The Morgan fingerprint density at radius 2 is 1.25 bits per heavy atom. The second-order valence-electron chi connectivity index (χ2n) is 11.4. The van der Waals surface area contributed by atoms with Crippen LogP contribution in [0.1, 0.15) is 27.7 Å². The predicted molar refractivity (Wildman–Crippen MR) is 157 cm³/mol. The molecule has 0 saturated carbocycles. The number of nitrogens with zero attached hydrogens (tertiary/aromatic N) is 3. The molecular formula is C32H26BN3O4. The monoisotopic (exact) mass is 527 g/mol. The largest absolute Gasteiger partial charge is 0.494 e. The summed E-state index contributed by atoms with van der Waals surface area (Å²) in [6.45, 7) is 8.18. The number of benzene rings is 4. The van der Waals surface area contributed by atoms with Crippen molar-refractivity contribution in [2.75, 3.05) is 0 Å². The molecule has 0 atom stereocenters. The number of hydrogen-bond acceptors (Lipinski definition) is 6. The van der Waals surface area contributed by atoms with Gasteiger partial charge >= 0.3 is 13.1 Å². The molecule has 0 aliphatic carbocycles. The fourth-order valence-corrected chi connectivity index (χ4v) is 5.46. The van der Waals surface area contributed by atoms with Gasteiger partial charge in [0.2, 0.25) is 5.89 Å². The van der Waals surface area contributed by atoms with Crippen LogP contribution in [-0.4, -0.2) is 32.9 Å². The number of fused-ring (bicyclic) bond motifs is 5. The molecule has 1 saturated heterocycles. The fourth-order valence-electron chi connectivity index (χ4n) is 5.46. The van der Waals surface area contributed by atoms with Gasteiger partial charge in [-0.05, 0) is 75.6 Å². The summed E-state index contributed by atoms with van der Waals surface area (Å²) < 4.78 is 27.1. The molecule has 0 spiro atoms. The van der Waals surface area contributed by atoms with Crippen molar-refractivity contribution >= 4 is 56.6 Å². The SMILES string of the molecule is CC1(C)OB(c2ccc3nc(-c4ccc5nc(-n6c7ccccc7c7ccccc76)oc5c4)oc3c2)OC1(C)C. The summed E-state index contributed by atoms with van der Waals surface area (Å²) in [6.07, 6.45) is 0. The number of oxazole rings is 2. The number of hydrogen-bond donors (Lipinski definition) is 0. The van der Waals surface area contributed by atoms with Crippen LogP contribution < -0.4 is 5.46 Å². The van der Waals surface area contributed by atoms with E-state index >= 15 is 0 Å². The second kappa shape index (κ2) is 8.07. The van der Waals surface area contributed by atoms with Gasteiger partial charge in [0, 0.05) is 16.3 Å². The molecule has 0 amide bonds. The van der Waals surface area contributed by atoms with Gasteiger partial charge in [-0.1, -0.05) is 42.5 Å². The van der Waals surface area contributed by atoms with E-state index in [2.05, 4.69) is 41.0 Å². The summed E-state index contributed by atoms with van der Waals surface area (Å²) in [6, 6.07) is 28.8. The molecule has 196 valence electrons. The molecule has 4 heterocycles. The zero-order valence-corrected chi connectivity index (χ0v) is 22.6. The van der Waals surface area contributed by atoms with E-state index in [9.17, 15) is 0 Å². The minimum absolute atomic E-state index is 0.413. The van der Waals surface area contributed by atoms with Gasteiger partial charge in [0.15, 0.2) is 11.2 Å². The van der Waals surface area contributed by atoms with Crippen molar-refractivity contribution in [3.63, 3.8) is 0 Å². The Bertz CT molecular complexity index is 2030. The zero-order chi connectivity index (χ0) is 27.2. The highest BCUT2D eigenvalue weighted by Crippen LogP contribution is 2.37. The second-order valence-corrected chi connectivity index (χ2v) is 11.4. The van der Waals surface area contributed by atoms with E-state index in [1.807, 2.05) is 76.2 Å². The third kappa shape index (κ3) is 3.39. The maximum absolute atomic E-state index is 6.34. The molecule has 1 aliphatic rings. The third-order valence-electron chi connectivity index (χ3n) is 8.33. The van der Waals surface area contributed by atoms with Crippen LogP contribution in [0.3, 0.4) is 0 Å². The molecule has 8 heteroatoms. The van der Waals surface area contributed by atoms with E-state index in [1.165, 1.54) is 0 Å². The molecule has 4 aromatic carbocycles. The molecule has 7 aromatic rings. The van der Waals surface area contributed by atoms with Crippen molar-refractivity contribution < 1.29 is 18.1 Å². The maximum Gasteiger partial charge on any atom is 0.494 e. The number of para-hydroxylation sites is 2. The first-order chi connectivity index (χ1) is 19.3. The van der Waals surface area contributed by atoms with Crippen molar-refractivity contribution in [1.82, 2.24) is 14.5 Å². The molecule has 0 radical (unpaired) electrons. The summed E-state index contributed by atoms with van der Waals surface area (Å²) in [4.78, 5) is 9.57. The lowest BCUT2D eigenvalue weighted by Crippen LogP contribution is -2.41. The Morgan fingerprint density at radius 1 is 0.650 bits per heavy atom. The highest BCUT2D eigenvalue weighted by atomic mass is 16.7. The Hall–Kier alpha value is -4.40. The van der Waals surface area contributed by atoms with Gasteiger partial charge < -0.3 is 18.1 Å². The standard InChI is InChI=1S/C32H26BN3O4/c1-31(2)32(3,4)40-33(39-31)20-14-16-23-28(18-20)37-29(34-23)19-13-15-24-27(17-19)38-30(35-24)36-25-11-7-5-9-21(25)22-10-6-8-12-26(22)36/h5-18H,1-4H3. The molecule has 0 unspecified atom stereocenters. The van der Waals surface area contributed by atoms with Crippen LogP contribution in [0.15, 0.2) is 93.8 Å². The fraction of sp³-hybridized carbons (Fsp3) is 0.188. The lowest BCUT2D eigenvalue weighted by Gasteiger charge is -2.32. The molecule has 1 fully saturated rings. The Balaban J connectivity index is 1.18. The topological polar surface area (TPSA) is 75.5 Å². The van der Waals surface area contributed by atoms with Crippen LogP contribution in [0, 0.1) is 0 Å². The van der Waals surface area contributed by atoms with E-state index in [4.69, 9.17) is 28.1 Å². The van der Waals surface area contributed by atoms with Gasteiger partial charge in [-0.15, -0.1) is 0 Å². The van der Waals surface area contributed by atoms with Gasteiger partial charge in [0.25, 0.3) is 0 Å². The Kier molecular flexibility index (Phi) is 4.74. The van der Waals surface area contributed by atoms with Crippen LogP contribution in [-0.2, 0) is 9.31 Å². The van der Waals surface area contributed by atoms with Crippen molar-refractivity contribution in [3.05, 3.63) is 84.9 Å². The van der Waals surface area contributed by atoms with Crippen LogP contribution in [0.4, 0.5) is 0 Å². The van der Waals surface area contributed by atoms with E-state index < -0.39 is 18.3 Å². The first kappa shape index (κ1) is 23.5. The van der Waals surface area contributed by atoms with E-state index in [-0.39, 0.29) is 0 Å². The van der Waals surface area contributed by atoms with Gasteiger partial charge in [-0.3, -0.25) is 4.57 Å². The average molecular weight is 527 g/mol. The number of rotatable bonds is 3. The Labute approximate surface area is 230 Å². The highest BCUT2D eigenvalue weighted by molar-refractivity contribution is 6.62. The lowest BCUT2D eigenvalue weighted by molar-refractivity contribution is 0.00578. The molecule has 7 nitrogen and oxygen atoms in total. The zero-order valence-electron chi connectivity index (χ0n) is 22.6. The first-order valence-corrected chi connectivity index (χ1v) is 13.4. The normalized spacial score (nSPS) is 16.6. The maximum atomic E-state index is 6.34. The summed E-state index contributed by atoms with van der Waals surface area (Å²) in [5.74, 6) is 0.512. The van der Waals surface area contributed by atoms with Crippen LogP contribution in [0.2, 0.25) is 0 Å². The molecule has 1 aliphatic heterocycles. The van der Waals surface area contributed by atoms with Gasteiger partial charge in [0.05, 0.1) is 22.2 Å². The quantitative estimate of drug-likeness (QED) is 0.230. The summed E-state index contributed by atoms with van der Waals surface area (Å²) in [7, 11) is -0.465. The minimum Gasteiger partial charge on any atom is -0.436 e. The average Bonchev–Trinajstić information content (AvgIpc) is 3.68. The summed E-state index contributed by atoms with van der Waals surface area (Å²) in [5, 5.41) is 2.32.